The number of carbonyl (C=O) groups excluding carboxylic acids is 4. The number of imide groups is 1. The van der Waals surface area contributed by atoms with Crippen LogP contribution in [0.3, 0.4) is 0 Å². The Hall–Kier alpha value is -2.94. The molecule has 0 aromatic heterocycles. The Morgan fingerprint density at radius 3 is 2.55 bits per heavy atom. The molecule has 3 aliphatic rings. The number of nitrogens with zero attached hydrogens (tertiary/aromatic N) is 1. The van der Waals surface area contributed by atoms with Crippen LogP contribution in [0.1, 0.15) is 23.1 Å². The van der Waals surface area contributed by atoms with E-state index in [1.54, 1.807) is 36.4 Å². The van der Waals surface area contributed by atoms with Gasteiger partial charge in [0.2, 0.25) is 23.6 Å². The van der Waals surface area contributed by atoms with Crippen molar-refractivity contribution in [2.45, 2.75) is 31.5 Å². The van der Waals surface area contributed by atoms with Crippen LogP contribution in [0.25, 0.3) is 0 Å². The van der Waals surface area contributed by atoms with Crippen LogP contribution in [-0.2, 0) is 31.3 Å². The fraction of sp³-hybridized carbons (Fsp3) is 0.304. The maximum Gasteiger partial charge on any atom is 0.250 e. The van der Waals surface area contributed by atoms with Gasteiger partial charge in [0.25, 0.3) is 0 Å². The highest BCUT2D eigenvalue weighted by molar-refractivity contribution is 6.35. The first-order valence-corrected chi connectivity index (χ1v) is 11.2. The van der Waals surface area contributed by atoms with Crippen molar-refractivity contribution in [1.29, 1.82) is 0 Å². The molecule has 2 saturated heterocycles. The highest BCUT2D eigenvalue weighted by Crippen LogP contribution is 2.55. The first-order chi connectivity index (χ1) is 15.6. The number of halogens is 2. The number of anilines is 1. The second-order valence-electron chi connectivity index (χ2n) is 8.71. The number of hydrogen-bond donors (Lipinski definition) is 3. The average molecular weight is 487 g/mol. The molecule has 10 heteroatoms. The fourth-order valence-electron chi connectivity index (χ4n) is 5.40. The van der Waals surface area contributed by atoms with E-state index in [1.165, 1.54) is 0 Å². The van der Waals surface area contributed by atoms with Gasteiger partial charge in [0.1, 0.15) is 5.54 Å². The third kappa shape index (κ3) is 3.08. The van der Waals surface area contributed by atoms with Crippen LogP contribution in [0.15, 0.2) is 36.4 Å². The van der Waals surface area contributed by atoms with E-state index >= 15 is 0 Å². The summed E-state index contributed by atoms with van der Waals surface area (Å²) in [5, 5.41) is 6.67. The topological polar surface area (TPSA) is 122 Å². The zero-order valence-electron chi connectivity index (χ0n) is 17.5. The van der Waals surface area contributed by atoms with Crippen LogP contribution < -0.4 is 16.4 Å². The molecule has 3 heterocycles. The number of nitrogens with one attached hydrogen (secondary N) is 2. The molecule has 0 unspecified atom stereocenters. The smallest absolute Gasteiger partial charge is 0.250 e. The Bertz CT molecular complexity index is 1250. The number of primary amides is 1. The average Bonchev–Trinajstić information content (AvgIpc) is 3.30. The molecule has 2 aromatic rings. The molecule has 33 heavy (non-hydrogen) atoms. The van der Waals surface area contributed by atoms with Gasteiger partial charge in [-0.25, -0.2) is 0 Å². The number of hydrogen-bond acceptors (Lipinski definition) is 5. The molecule has 0 bridgehead atoms. The quantitative estimate of drug-likeness (QED) is 0.571. The van der Waals surface area contributed by atoms with Crippen molar-refractivity contribution in [3.63, 3.8) is 0 Å². The van der Waals surface area contributed by atoms with Crippen LogP contribution in [-0.4, -0.2) is 34.6 Å². The highest BCUT2D eigenvalue weighted by Gasteiger charge is 2.70. The Balaban J connectivity index is 1.64. The number of rotatable bonds is 4. The zero-order valence-corrected chi connectivity index (χ0v) is 19.0. The summed E-state index contributed by atoms with van der Waals surface area (Å²) in [5.41, 5.74) is 6.17. The van der Waals surface area contributed by atoms with E-state index < -0.39 is 47.0 Å². The maximum atomic E-state index is 13.7. The number of fused-ring (bicyclic) bond motifs is 4. The second kappa shape index (κ2) is 7.55. The Morgan fingerprint density at radius 1 is 1.12 bits per heavy atom. The molecule has 5 rings (SSSR count). The predicted molar refractivity (Wildman–Crippen MR) is 121 cm³/mol. The van der Waals surface area contributed by atoms with Crippen molar-refractivity contribution in [3.05, 3.63) is 63.1 Å². The van der Waals surface area contributed by atoms with Gasteiger partial charge >= 0.3 is 0 Å². The van der Waals surface area contributed by atoms with Crippen molar-refractivity contribution in [2.75, 3.05) is 5.32 Å². The molecule has 4 N–H and O–H groups in total. The summed E-state index contributed by atoms with van der Waals surface area (Å²) in [4.78, 5) is 53.6. The summed E-state index contributed by atoms with van der Waals surface area (Å²) in [6, 6.07) is 9.60. The van der Waals surface area contributed by atoms with E-state index in [0.29, 0.717) is 26.9 Å². The van der Waals surface area contributed by atoms with E-state index in [4.69, 9.17) is 28.9 Å². The van der Waals surface area contributed by atoms with Crippen molar-refractivity contribution in [2.24, 2.45) is 17.6 Å². The van der Waals surface area contributed by atoms with Gasteiger partial charge < -0.3 is 11.1 Å². The molecule has 4 atom stereocenters. The lowest BCUT2D eigenvalue weighted by atomic mass is 9.76. The summed E-state index contributed by atoms with van der Waals surface area (Å²) in [7, 11) is 0. The molecular formula is C23H20Cl2N4O4. The minimum atomic E-state index is -1.54. The molecule has 3 aliphatic heterocycles. The predicted octanol–water partition coefficient (Wildman–Crippen LogP) is 2.10. The molecule has 1 spiro atoms. The number of likely N-dealkylation sites (tertiary alicyclic amines) is 1. The van der Waals surface area contributed by atoms with E-state index in [2.05, 4.69) is 10.6 Å². The van der Waals surface area contributed by atoms with Crippen LogP contribution in [0.4, 0.5) is 5.69 Å². The lowest BCUT2D eigenvalue weighted by Crippen LogP contribution is -2.53. The monoisotopic (exact) mass is 486 g/mol. The first kappa shape index (κ1) is 21.9. The van der Waals surface area contributed by atoms with Crippen LogP contribution in [0, 0.1) is 18.8 Å². The molecule has 170 valence electrons. The molecule has 2 fully saturated rings. The van der Waals surface area contributed by atoms with Crippen molar-refractivity contribution in [1.82, 2.24) is 10.2 Å². The third-order valence-electron chi connectivity index (χ3n) is 6.72. The normalized spacial score (nSPS) is 27.8. The van der Waals surface area contributed by atoms with Gasteiger partial charge in [-0.2, -0.15) is 0 Å². The van der Waals surface area contributed by atoms with Gasteiger partial charge in [-0.05, 0) is 30.2 Å². The highest BCUT2D eigenvalue weighted by atomic mass is 35.5. The number of carbonyl (C=O) groups is 4. The van der Waals surface area contributed by atoms with E-state index in [-0.39, 0.29) is 13.0 Å². The SMILES string of the molecule is Cc1cc(Cl)c2c(c1)[C@]1(N[C@H](CC(N)=O)[C@H]3C(=O)N(Cc4ccccc4Cl)C(=O)[C@H]31)C(=O)N2. The van der Waals surface area contributed by atoms with Crippen molar-refractivity contribution in [3.8, 4) is 0 Å². The molecule has 4 amide bonds. The number of amides is 4. The number of nitrogens with two attached hydrogens (primary N) is 1. The standard InChI is InChI=1S/C23H20Cl2N4O4/c1-10-6-12-19(14(25)7-10)27-22(33)23(12)18-17(15(28-23)8-16(26)30)20(31)29(21(18)32)9-11-4-2-3-5-13(11)24/h2-7,15,17-18,28H,8-9H2,1H3,(H2,26,30)(H,27,33)/t15-,17-,18+,23-/m1/s1. The van der Waals surface area contributed by atoms with Gasteiger partial charge in [-0.15, -0.1) is 0 Å². The third-order valence-corrected chi connectivity index (χ3v) is 7.39. The Labute approximate surface area is 199 Å². The molecule has 2 aromatic carbocycles. The van der Waals surface area contributed by atoms with Gasteiger partial charge in [0.05, 0.1) is 29.1 Å². The fourth-order valence-corrected chi connectivity index (χ4v) is 5.91. The maximum absolute atomic E-state index is 13.7. The van der Waals surface area contributed by atoms with Gasteiger partial charge in [0, 0.05) is 23.0 Å². The molecular weight excluding hydrogens is 467 g/mol. The summed E-state index contributed by atoms with van der Waals surface area (Å²) in [5.74, 6) is -4.12. The van der Waals surface area contributed by atoms with E-state index in [9.17, 15) is 19.2 Å². The van der Waals surface area contributed by atoms with E-state index in [0.717, 1.165) is 10.5 Å². The lowest BCUT2D eigenvalue weighted by molar-refractivity contribution is -0.143. The second-order valence-corrected chi connectivity index (χ2v) is 9.52. The van der Waals surface area contributed by atoms with Gasteiger partial charge in [-0.3, -0.25) is 29.4 Å². The molecule has 0 radical (unpaired) electrons. The van der Waals surface area contributed by atoms with Crippen LogP contribution >= 0.6 is 23.2 Å². The largest absolute Gasteiger partial charge is 0.370 e. The van der Waals surface area contributed by atoms with Crippen LogP contribution in [0.2, 0.25) is 10.0 Å². The lowest BCUT2D eigenvalue weighted by Gasteiger charge is -2.29. The molecule has 0 aliphatic carbocycles. The van der Waals surface area contributed by atoms with Crippen LogP contribution in [0.5, 0.6) is 0 Å². The Morgan fingerprint density at radius 2 is 1.85 bits per heavy atom. The summed E-state index contributed by atoms with van der Waals surface area (Å²) >= 11 is 12.7. The Kier molecular flexibility index (Phi) is 5.00. The number of aryl methyl sites for hydroxylation is 1. The van der Waals surface area contributed by atoms with Crippen molar-refractivity contribution >= 4 is 52.5 Å². The van der Waals surface area contributed by atoms with Crippen molar-refractivity contribution < 1.29 is 19.2 Å². The first-order valence-electron chi connectivity index (χ1n) is 10.4. The summed E-state index contributed by atoms with van der Waals surface area (Å²) < 4.78 is 0. The summed E-state index contributed by atoms with van der Waals surface area (Å²) in [6.45, 7) is 1.79. The summed E-state index contributed by atoms with van der Waals surface area (Å²) in [6.07, 6.45) is -0.204. The van der Waals surface area contributed by atoms with E-state index in [1.807, 2.05) is 6.92 Å². The molecule has 8 nitrogen and oxygen atoms in total. The zero-order chi connectivity index (χ0) is 23.7. The minimum absolute atomic E-state index is 0.0350. The minimum Gasteiger partial charge on any atom is -0.370 e. The molecule has 0 saturated carbocycles. The number of benzene rings is 2. The van der Waals surface area contributed by atoms with Gasteiger partial charge in [-0.1, -0.05) is 47.5 Å². The van der Waals surface area contributed by atoms with Gasteiger partial charge in [0.15, 0.2) is 0 Å².